The van der Waals surface area contributed by atoms with E-state index in [4.69, 9.17) is 0 Å². The molecule has 2 aliphatic rings. The van der Waals surface area contributed by atoms with Crippen LogP contribution in [0.5, 0.6) is 0 Å². The average Bonchev–Trinajstić information content (AvgIpc) is 2.58. The molecular weight excluding hydrogens is 244 g/mol. The van der Waals surface area contributed by atoms with Crippen LogP contribution in [0.15, 0.2) is 0 Å². The Balaban J connectivity index is 0.00000144. The molecule has 0 unspecified atom stereocenters. The lowest BCUT2D eigenvalue weighted by Crippen LogP contribution is -2.52. The molecule has 3 amide bonds. The van der Waals surface area contributed by atoms with E-state index >= 15 is 0 Å². The third kappa shape index (κ3) is 3.31. The number of carbonyl (C=O) groups is 2. The van der Waals surface area contributed by atoms with Gasteiger partial charge in [-0.1, -0.05) is 0 Å². The number of nitrogens with one attached hydrogen (secondary N) is 2. The van der Waals surface area contributed by atoms with Gasteiger partial charge in [-0.15, -0.1) is 12.4 Å². The van der Waals surface area contributed by atoms with Gasteiger partial charge in [-0.2, -0.15) is 0 Å². The van der Waals surface area contributed by atoms with Gasteiger partial charge < -0.3 is 10.6 Å². The fraction of sp³-hybridized carbons (Fsp3) is 0.800. The number of rotatable bonds is 3. The van der Waals surface area contributed by atoms with Gasteiger partial charge in [0.15, 0.2) is 0 Å². The van der Waals surface area contributed by atoms with Crippen LogP contribution < -0.4 is 10.6 Å². The minimum atomic E-state index is -0.257. The Labute approximate surface area is 107 Å². The van der Waals surface area contributed by atoms with E-state index < -0.39 is 0 Å². The van der Waals surface area contributed by atoms with Crippen molar-refractivity contribution in [1.82, 2.24) is 20.4 Å². The first kappa shape index (κ1) is 14.2. The number of hydrogen-bond acceptors (Lipinski definition) is 4. The maximum Gasteiger partial charge on any atom is 0.324 e. The lowest BCUT2D eigenvalue weighted by Gasteiger charge is -2.34. The second-order valence-electron chi connectivity index (χ2n) is 4.29. The smallest absolute Gasteiger partial charge is 0.324 e. The maximum atomic E-state index is 11.4. The van der Waals surface area contributed by atoms with Crippen LogP contribution >= 0.6 is 12.4 Å². The first-order valence-electron chi connectivity index (χ1n) is 5.71. The van der Waals surface area contributed by atoms with Gasteiger partial charge in [-0.05, 0) is 6.92 Å². The van der Waals surface area contributed by atoms with E-state index in [-0.39, 0.29) is 30.9 Å². The van der Waals surface area contributed by atoms with Crippen molar-refractivity contribution in [1.29, 1.82) is 0 Å². The molecule has 0 radical (unpaired) electrons. The number of piperazine rings is 1. The zero-order chi connectivity index (χ0) is 11.5. The molecule has 0 aliphatic carbocycles. The van der Waals surface area contributed by atoms with Crippen LogP contribution in [0.4, 0.5) is 4.79 Å². The highest BCUT2D eigenvalue weighted by Crippen LogP contribution is 2.04. The summed E-state index contributed by atoms with van der Waals surface area (Å²) < 4.78 is 0. The molecule has 6 nitrogen and oxygen atoms in total. The predicted octanol–water partition coefficient (Wildman–Crippen LogP) is -0.746. The largest absolute Gasteiger partial charge is 0.329 e. The van der Waals surface area contributed by atoms with Crippen molar-refractivity contribution in [2.24, 2.45) is 0 Å². The van der Waals surface area contributed by atoms with Gasteiger partial charge in [0.25, 0.3) is 0 Å². The quantitative estimate of drug-likeness (QED) is 0.658. The normalized spacial score (nSPS) is 25.7. The molecule has 2 N–H and O–H groups in total. The van der Waals surface area contributed by atoms with Crippen molar-refractivity contribution < 1.29 is 9.59 Å². The first-order valence-corrected chi connectivity index (χ1v) is 5.71. The molecule has 0 aromatic heterocycles. The van der Waals surface area contributed by atoms with Gasteiger partial charge in [0, 0.05) is 38.8 Å². The Morgan fingerprint density at radius 3 is 2.71 bits per heavy atom. The molecule has 0 spiro atoms. The summed E-state index contributed by atoms with van der Waals surface area (Å²) in [5.41, 5.74) is 0. The second-order valence-corrected chi connectivity index (χ2v) is 4.29. The van der Waals surface area contributed by atoms with Crippen LogP contribution in [0.3, 0.4) is 0 Å². The average molecular weight is 263 g/mol. The van der Waals surface area contributed by atoms with Gasteiger partial charge >= 0.3 is 6.03 Å². The van der Waals surface area contributed by atoms with E-state index in [2.05, 4.69) is 22.5 Å². The summed E-state index contributed by atoms with van der Waals surface area (Å²) in [5, 5.41) is 5.83. The number of amides is 3. The van der Waals surface area contributed by atoms with Crippen LogP contribution in [0.1, 0.15) is 6.92 Å². The Hall–Kier alpha value is -0.850. The van der Waals surface area contributed by atoms with Crippen molar-refractivity contribution in [3.8, 4) is 0 Å². The summed E-state index contributed by atoms with van der Waals surface area (Å²) in [6.45, 7) is 6.49. The molecule has 7 heteroatoms. The van der Waals surface area contributed by atoms with E-state index in [0.717, 1.165) is 26.2 Å². The summed E-state index contributed by atoms with van der Waals surface area (Å²) in [6.07, 6.45) is 0. The van der Waals surface area contributed by atoms with Crippen LogP contribution in [0, 0.1) is 0 Å². The lowest BCUT2D eigenvalue weighted by atomic mass is 10.2. The number of hydrogen-bond donors (Lipinski definition) is 2. The molecule has 2 rings (SSSR count). The standard InChI is InChI=1S/C10H18N4O2.ClH/c1-8-6-11-2-3-13(8)4-5-14-9(15)7-12-10(14)16;/h8,11H,2-7H2,1H3,(H,12,16);1H/t8-;/m1./s1. The van der Waals surface area contributed by atoms with Gasteiger partial charge in [-0.25, -0.2) is 4.79 Å². The van der Waals surface area contributed by atoms with Crippen molar-refractivity contribution in [3.63, 3.8) is 0 Å². The number of nitrogens with zero attached hydrogens (tertiary/aromatic N) is 2. The van der Waals surface area contributed by atoms with E-state index in [1.54, 1.807) is 0 Å². The molecule has 0 aromatic carbocycles. The van der Waals surface area contributed by atoms with Gasteiger partial charge in [0.1, 0.15) is 0 Å². The minimum absolute atomic E-state index is 0. The van der Waals surface area contributed by atoms with Crippen LogP contribution in [-0.2, 0) is 4.79 Å². The number of carbonyl (C=O) groups excluding carboxylic acids is 2. The highest BCUT2D eigenvalue weighted by atomic mass is 35.5. The summed E-state index contributed by atoms with van der Waals surface area (Å²) in [4.78, 5) is 26.3. The summed E-state index contributed by atoms with van der Waals surface area (Å²) >= 11 is 0. The van der Waals surface area contributed by atoms with Crippen LogP contribution in [0.25, 0.3) is 0 Å². The topological polar surface area (TPSA) is 64.7 Å². The van der Waals surface area contributed by atoms with Gasteiger partial charge in [0.05, 0.1) is 6.54 Å². The third-order valence-electron chi connectivity index (χ3n) is 3.19. The Kier molecular flexibility index (Phi) is 5.17. The van der Waals surface area contributed by atoms with Crippen molar-refractivity contribution in [2.75, 3.05) is 39.3 Å². The minimum Gasteiger partial charge on any atom is -0.329 e. The molecule has 0 saturated carbocycles. The fourth-order valence-electron chi connectivity index (χ4n) is 2.13. The van der Waals surface area contributed by atoms with Crippen LogP contribution in [-0.4, -0.2) is 67.0 Å². The summed E-state index contributed by atoms with van der Waals surface area (Å²) in [5.74, 6) is -0.118. The molecule has 2 aliphatic heterocycles. The molecule has 1 atom stereocenters. The lowest BCUT2D eigenvalue weighted by molar-refractivity contribution is -0.125. The zero-order valence-electron chi connectivity index (χ0n) is 9.94. The molecule has 0 bridgehead atoms. The molecule has 98 valence electrons. The molecule has 0 aromatic rings. The molecule has 2 fully saturated rings. The van der Waals surface area contributed by atoms with Gasteiger partial charge in [-0.3, -0.25) is 14.6 Å². The summed E-state index contributed by atoms with van der Waals surface area (Å²) in [7, 11) is 0. The first-order chi connectivity index (χ1) is 7.68. The summed E-state index contributed by atoms with van der Waals surface area (Å²) in [6, 6.07) is 0.210. The molecule has 2 saturated heterocycles. The SMILES string of the molecule is C[C@@H]1CNCCN1CCN1C(=O)CNC1=O.Cl. The van der Waals surface area contributed by atoms with Crippen molar-refractivity contribution >= 4 is 24.3 Å². The van der Waals surface area contributed by atoms with E-state index in [1.165, 1.54) is 4.90 Å². The molecular formula is C10H19ClN4O2. The molecule has 2 heterocycles. The third-order valence-corrected chi connectivity index (χ3v) is 3.19. The van der Waals surface area contributed by atoms with Crippen molar-refractivity contribution in [2.45, 2.75) is 13.0 Å². The Morgan fingerprint density at radius 2 is 2.12 bits per heavy atom. The number of halogens is 1. The molecule has 17 heavy (non-hydrogen) atoms. The maximum absolute atomic E-state index is 11.4. The predicted molar refractivity (Wildman–Crippen MR) is 66.3 cm³/mol. The zero-order valence-corrected chi connectivity index (χ0v) is 10.8. The fourth-order valence-corrected chi connectivity index (χ4v) is 2.13. The number of imide groups is 1. The van der Waals surface area contributed by atoms with Crippen molar-refractivity contribution in [3.05, 3.63) is 0 Å². The van der Waals surface area contributed by atoms with E-state index in [1.807, 2.05) is 0 Å². The van der Waals surface area contributed by atoms with Gasteiger partial charge in [0.2, 0.25) is 5.91 Å². The monoisotopic (exact) mass is 262 g/mol. The van der Waals surface area contributed by atoms with E-state index in [0.29, 0.717) is 12.6 Å². The highest BCUT2D eigenvalue weighted by molar-refractivity contribution is 6.01. The van der Waals surface area contributed by atoms with Crippen LogP contribution in [0.2, 0.25) is 0 Å². The number of urea groups is 1. The Morgan fingerprint density at radius 1 is 1.35 bits per heavy atom. The Bertz CT molecular complexity index is 284. The second kappa shape index (κ2) is 6.18. The van der Waals surface area contributed by atoms with E-state index in [9.17, 15) is 9.59 Å². The highest BCUT2D eigenvalue weighted by Gasteiger charge is 2.29.